The highest BCUT2D eigenvalue weighted by atomic mass is 16.1. The molecule has 1 aliphatic carbocycles. The first kappa shape index (κ1) is 13.9. The molecule has 18 heavy (non-hydrogen) atoms. The molecule has 1 heterocycles. The zero-order valence-corrected chi connectivity index (χ0v) is 11.7. The van der Waals surface area contributed by atoms with E-state index in [2.05, 4.69) is 17.6 Å². The maximum absolute atomic E-state index is 12.0. The normalized spacial score (nSPS) is 30.7. The summed E-state index contributed by atoms with van der Waals surface area (Å²) in [6.45, 7) is 3.15. The van der Waals surface area contributed by atoms with E-state index in [4.69, 9.17) is 0 Å². The molecule has 0 bridgehead atoms. The highest BCUT2D eigenvalue weighted by Gasteiger charge is 2.21. The molecule has 3 nitrogen and oxygen atoms in total. The lowest BCUT2D eigenvalue weighted by molar-refractivity contribution is -0.123. The summed E-state index contributed by atoms with van der Waals surface area (Å²) in [7, 11) is 0. The van der Waals surface area contributed by atoms with Crippen molar-refractivity contribution in [1.29, 1.82) is 0 Å². The molecule has 1 saturated carbocycles. The van der Waals surface area contributed by atoms with E-state index in [1.165, 1.54) is 44.9 Å². The second kappa shape index (κ2) is 7.13. The van der Waals surface area contributed by atoms with Gasteiger partial charge < -0.3 is 10.6 Å². The second-order valence-corrected chi connectivity index (χ2v) is 6.21. The topological polar surface area (TPSA) is 41.1 Å². The molecule has 2 unspecified atom stereocenters. The molecule has 2 N–H and O–H groups in total. The fourth-order valence-electron chi connectivity index (χ4n) is 3.24. The summed E-state index contributed by atoms with van der Waals surface area (Å²) in [5.74, 6) is 0.922. The Bertz CT molecular complexity index is 251. The number of hydrogen-bond donors (Lipinski definition) is 2. The molecule has 2 aliphatic rings. The average molecular weight is 252 g/mol. The average Bonchev–Trinajstić information content (AvgIpc) is 2.61. The SMILES string of the molecule is CC1CCC(NC(=O)CC2CCCCCC2)CN1. The quantitative estimate of drug-likeness (QED) is 0.758. The summed E-state index contributed by atoms with van der Waals surface area (Å²) < 4.78 is 0. The van der Waals surface area contributed by atoms with E-state index in [0.717, 1.165) is 19.4 Å². The van der Waals surface area contributed by atoms with Crippen LogP contribution in [-0.2, 0) is 4.79 Å². The third kappa shape index (κ3) is 4.60. The third-order valence-corrected chi connectivity index (χ3v) is 4.47. The van der Waals surface area contributed by atoms with E-state index in [0.29, 0.717) is 18.0 Å². The molecule has 0 radical (unpaired) electrons. The maximum atomic E-state index is 12.0. The van der Waals surface area contributed by atoms with Crippen LogP contribution in [0.4, 0.5) is 0 Å². The van der Waals surface area contributed by atoms with E-state index in [1.54, 1.807) is 0 Å². The number of rotatable bonds is 3. The standard InChI is InChI=1S/C15H28N2O/c1-12-8-9-14(11-16-12)17-15(18)10-13-6-4-2-3-5-7-13/h12-14,16H,2-11H2,1H3,(H,17,18). The molecular weight excluding hydrogens is 224 g/mol. The Hall–Kier alpha value is -0.570. The van der Waals surface area contributed by atoms with Gasteiger partial charge in [0.15, 0.2) is 0 Å². The zero-order valence-electron chi connectivity index (χ0n) is 11.7. The Morgan fingerprint density at radius 2 is 1.83 bits per heavy atom. The number of nitrogens with one attached hydrogen (secondary N) is 2. The largest absolute Gasteiger partial charge is 0.352 e. The molecule has 2 rings (SSSR count). The van der Waals surface area contributed by atoms with Gasteiger partial charge in [-0.25, -0.2) is 0 Å². The highest BCUT2D eigenvalue weighted by Crippen LogP contribution is 2.25. The second-order valence-electron chi connectivity index (χ2n) is 6.21. The molecular formula is C15H28N2O. The number of carbonyl (C=O) groups is 1. The number of piperidine rings is 1. The van der Waals surface area contributed by atoms with Crippen LogP contribution in [-0.4, -0.2) is 24.5 Å². The van der Waals surface area contributed by atoms with Crippen LogP contribution in [0.25, 0.3) is 0 Å². The Morgan fingerprint density at radius 1 is 1.11 bits per heavy atom. The van der Waals surface area contributed by atoms with E-state index < -0.39 is 0 Å². The molecule has 0 spiro atoms. The van der Waals surface area contributed by atoms with Crippen molar-refractivity contribution in [3.63, 3.8) is 0 Å². The van der Waals surface area contributed by atoms with Gasteiger partial charge in [-0.1, -0.05) is 25.7 Å². The van der Waals surface area contributed by atoms with E-state index >= 15 is 0 Å². The van der Waals surface area contributed by atoms with Gasteiger partial charge in [0, 0.05) is 25.0 Å². The fourth-order valence-corrected chi connectivity index (χ4v) is 3.24. The van der Waals surface area contributed by atoms with Crippen LogP contribution in [0.5, 0.6) is 0 Å². The number of amides is 1. The third-order valence-electron chi connectivity index (χ3n) is 4.47. The van der Waals surface area contributed by atoms with Crippen LogP contribution in [0, 0.1) is 5.92 Å². The van der Waals surface area contributed by atoms with Crippen molar-refractivity contribution in [2.24, 2.45) is 5.92 Å². The van der Waals surface area contributed by atoms with Crippen molar-refractivity contribution in [3.05, 3.63) is 0 Å². The lowest BCUT2D eigenvalue weighted by Gasteiger charge is -2.28. The molecule has 1 saturated heterocycles. The fraction of sp³-hybridized carbons (Fsp3) is 0.933. The number of carbonyl (C=O) groups excluding carboxylic acids is 1. The molecule has 1 amide bonds. The Balaban J connectivity index is 1.67. The lowest BCUT2D eigenvalue weighted by atomic mass is 9.95. The van der Waals surface area contributed by atoms with Crippen LogP contribution in [0.1, 0.15) is 64.7 Å². The Morgan fingerprint density at radius 3 is 2.44 bits per heavy atom. The summed E-state index contributed by atoms with van der Waals surface area (Å²) in [6, 6.07) is 0.972. The molecule has 0 aromatic carbocycles. The van der Waals surface area contributed by atoms with Crippen LogP contribution in [0.3, 0.4) is 0 Å². The molecule has 1 aliphatic heterocycles. The summed E-state index contributed by atoms with van der Waals surface area (Å²) >= 11 is 0. The minimum Gasteiger partial charge on any atom is -0.352 e. The highest BCUT2D eigenvalue weighted by molar-refractivity contribution is 5.76. The van der Waals surface area contributed by atoms with E-state index in [1.807, 2.05) is 0 Å². The molecule has 2 fully saturated rings. The van der Waals surface area contributed by atoms with Gasteiger partial charge in [-0.3, -0.25) is 4.79 Å². The zero-order chi connectivity index (χ0) is 12.8. The summed E-state index contributed by atoms with van der Waals surface area (Å²) in [5, 5.41) is 6.64. The minimum atomic E-state index is 0.281. The Labute approximate surface area is 111 Å². The van der Waals surface area contributed by atoms with E-state index in [-0.39, 0.29) is 5.91 Å². The first-order valence-electron chi connectivity index (χ1n) is 7.77. The van der Waals surface area contributed by atoms with Gasteiger partial charge in [0.1, 0.15) is 0 Å². The predicted molar refractivity (Wildman–Crippen MR) is 74.4 cm³/mol. The first-order chi connectivity index (χ1) is 8.74. The maximum Gasteiger partial charge on any atom is 0.220 e. The Kier molecular flexibility index (Phi) is 5.48. The molecule has 0 aromatic rings. The van der Waals surface area contributed by atoms with Crippen LogP contribution in [0.2, 0.25) is 0 Å². The summed E-state index contributed by atoms with van der Waals surface area (Å²) in [4.78, 5) is 12.0. The minimum absolute atomic E-state index is 0.281. The van der Waals surface area contributed by atoms with Gasteiger partial charge in [-0.15, -0.1) is 0 Å². The summed E-state index contributed by atoms with van der Waals surface area (Å²) in [5.41, 5.74) is 0. The van der Waals surface area contributed by atoms with Crippen LogP contribution < -0.4 is 10.6 Å². The van der Waals surface area contributed by atoms with Gasteiger partial charge in [0.2, 0.25) is 5.91 Å². The number of hydrogen-bond acceptors (Lipinski definition) is 2. The lowest BCUT2D eigenvalue weighted by Crippen LogP contribution is -2.48. The molecule has 2 atom stereocenters. The van der Waals surface area contributed by atoms with Crippen molar-refractivity contribution in [2.45, 2.75) is 76.8 Å². The van der Waals surface area contributed by atoms with Gasteiger partial charge in [0.05, 0.1) is 0 Å². The predicted octanol–water partition coefficient (Wildman–Crippen LogP) is 2.60. The molecule has 104 valence electrons. The van der Waals surface area contributed by atoms with Gasteiger partial charge >= 0.3 is 0 Å². The van der Waals surface area contributed by atoms with Crippen LogP contribution in [0.15, 0.2) is 0 Å². The molecule has 0 aromatic heterocycles. The first-order valence-corrected chi connectivity index (χ1v) is 7.77. The van der Waals surface area contributed by atoms with E-state index in [9.17, 15) is 4.79 Å². The van der Waals surface area contributed by atoms with Gasteiger partial charge in [0.25, 0.3) is 0 Å². The van der Waals surface area contributed by atoms with Crippen molar-refractivity contribution in [1.82, 2.24) is 10.6 Å². The van der Waals surface area contributed by atoms with Crippen molar-refractivity contribution in [3.8, 4) is 0 Å². The van der Waals surface area contributed by atoms with Gasteiger partial charge in [-0.2, -0.15) is 0 Å². The van der Waals surface area contributed by atoms with Crippen molar-refractivity contribution < 1.29 is 4.79 Å². The van der Waals surface area contributed by atoms with Gasteiger partial charge in [-0.05, 0) is 38.5 Å². The molecule has 3 heteroatoms. The monoisotopic (exact) mass is 252 g/mol. The smallest absolute Gasteiger partial charge is 0.220 e. The van der Waals surface area contributed by atoms with Crippen molar-refractivity contribution >= 4 is 5.91 Å². The van der Waals surface area contributed by atoms with Crippen LogP contribution >= 0.6 is 0 Å². The summed E-state index contributed by atoms with van der Waals surface area (Å²) in [6.07, 6.45) is 10.9. The van der Waals surface area contributed by atoms with Crippen molar-refractivity contribution in [2.75, 3.05) is 6.54 Å².